The van der Waals surface area contributed by atoms with E-state index in [2.05, 4.69) is 50.4 Å². The molecule has 0 spiro atoms. The van der Waals surface area contributed by atoms with Gasteiger partial charge in [0.05, 0.1) is 6.61 Å². The first-order valence-corrected chi connectivity index (χ1v) is 9.89. The van der Waals surface area contributed by atoms with Gasteiger partial charge in [0.2, 0.25) is 0 Å². The number of rotatable bonds is 6. The SMILES string of the molecule is CCCOc1ccc(CNC23CC4CC(C)(CC(C)(C4)C2)C3)cc1. The third-order valence-electron chi connectivity index (χ3n) is 6.69. The molecule has 0 radical (unpaired) electrons. The molecule has 0 saturated heterocycles. The fourth-order valence-electron chi connectivity index (χ4n) is 6.86. The fraction of sp³-hybridized carbons (Fsp3) is 0.727. The molecule has 132 valence electrons. The average Bonchev–Trinajstić information content (AvgIpc) is 2.48. The first kappa shape index (κ1) is 16.4. The van der Waals surface area contributed by atoms with Gasteiger partial charge in [0.1, 0.15) is 5.75 Å². The van der Waals surface area contributed by atoms with E-state index >= 15 is 0 Å². The summed E-state index contributed by atoms with van der Waals surface area (Å²) in [7, 11) is 0. The molecule has 0 aromatic heterocycles. The lowest BCUT2D eigenvalue weighted by molar-refractivity contribution is -0.118. The number of ether oxygens (including phenoxy) is 1. The second-order valence-electron chi connectivity index (χ2n) is 9.76. The maximum absolute atomic E-state index is 5.69. The van der Waals surface area contributed by atoms with Gasteiger partial charge in [-0.2, -0.15) is 0 Å². The lowest BCUT2D eigenvalue weighted by Crippen LogP contribution is -2.63. The average molecular weight is 328 g/mol. The van der Waals surface area contributed by atoms with Crippen molar-refractivity contribution in [3.05, 3.63) is 29.8 Å². The van der Waals surface area contributed by atoms with Crippen LogP contribution in [0.3, 0.4) is 0 Å². The van der Waals surface area contributed by atoms with Gasteiger partial charge >= 0.3 is 0 Å². The molecule has 24 heavy (non-hydrogen) atoms. The van der Waals surface area contributed by atoms with Crippen molar-refractivity contribution >= 4 is 0 Å². The minimum absolute atomic E-state index is 0.389. The smallest absolute Gasteiger partial charge is 0.119 e. The van der Waals surface area contributed by atoms with Gasteiger partial charge in [-0.05, 0) is 79.4 Å². The van der Waals surface area contributed by atoms with E-state index in [1.165, 1.54) is 44.1 Å². The van der Waals surface area contributed by atoms with Crippen molar-refractivity contribution < 1.29 is 4.74 Å². The summed E-state index contributed by atoms with van der Waals surface area (Å²) < 4.78 is 5.69. The molecule has 4 bridgehead atoms. The summed E-state index contributed by atoms with van der Waals surface area (Å²) in [4.78, 5) is 0. The molecule has 2 unspecified atom stereocenters. The molecular weight excluding hydrogens is 294 g/mol. The molecule has 5 rings (SSSR count). The number of hydrogen-bond donors (Lipinski definition) is 1. The highest BCUT2D eigenvalue weighted by Crippen LogP contribution is 2.66. The Morgan fingerprint density at radius 1 is 1.00 bits per heavy atom. The second-order valence-corrected chi connectivity index (χ2v) is 9.76. The van der Waals surface area contributed by atoms with Crippen LogP contribution in [0.1, 0.15) is 71.3 Å². The molecule has 4 fully saturated rings. The number of nitrogens with one attached hydrogen (secondary N) is 1. The lowest BCUT2D eigenvalue weighted by Gasteiger charge is -2.65. The van der Waals surface area contributed by atoms with Crippen molar-refractivity contribution in [2.45, 2.75) is 77.8 Å². The minimum Gasteiger partial charge on any atom is -0.494 e. The van der Waals surface area contributed by atoms with Gasteiger partial charge in [-0.1, -0.05) is 32.9 Å². The first-order valence-electron chi connectivity index (χ1n) is 9.89. The normalized spacial score (nSPS) is 40.0. The predicted molar refractivity (Wildman–Crippen MR) is 99.2 cm³/mol. The van der Waals surface area contributed by atoms with Crippen molar-refractivity contribution in [2.24, 2.45) is 16.7 Å². The zero-order chi connectivity index (χ0) is 16.8. The summed E-state index contributed by atoms with van der Waals surface area (Å²) >= 11 is 0. The van der Waals surface area contributed by atoms with Gasteiger partial charge in [-0.25, -0.2) is 0 Å². The molecule has 2 nitrogen and oxygen atoms in total. The Labute approximate surface area is 147 Å². The molecule has 2 heteroatoms. The summed E-state index contributed by atoms with van der Waals surface area (Å²) in [6, 6.07) is 8.69. The third-order valence-corrected chi connectivity index (χ3v) is 6.69. The van der Waals surface area contributed by atoms with E-state index in [0.29, 0.717) is 16.4 Å². The van der Waals surface area contributed by atoms with E-state index in [9.17, 15) is 0 Å². The van der Waals surface area contributed by atoms with Crippen LogP contribution in [0.25, 0.3) is 0 Å². The Kier molecular flexibility index (Phi) is 3.95. The van der Waals surface area contributed by atoms with Crippen LogP contribution < -0.4 is 10.1 Å². The van der Waals surface area contributed by atoms with Crippen LogP contribution in [0.2, 0.25) is 0 Å². The molecule has 0 aliphatic heterocycles. The first-order chi connectivity index (χ1) is 11.4. The zero-order valence-corrected chi connectivity index (χ0v) is 15.7. The lowest BCUT2D eigenvalue weighted by atomic mass is 9.43. The third kappa shape index (κ3) is 3.10. The van der Waals surface area contributed by atoms with Gasteiger partial charge in [-0.3, -0.25) is 0 Å². The summed E-state index contributed by atoms with van der Waals surface area (Å²) in [6.07, 6.45) is 9.60. The Balaban J connectivity index is 1.42. The van der Waals surface area contributed by atoms with E-state index < -0.39 is 0 Å². The summed E-state index contributed by atoms with van der Waals surface area (Å²) in [5.41, 5.74) is 2.93. The van der Waals surface area contributed by atoms with Crippen LogP contribution in [0.15, 0.2) is 24.3 Å². The van der Waals surface area contributed by atoms with Crippen LogP contribution in [0.5, 0.6) is 5.75 Å². The van der Waals surface area contributed by atoms with Gasteiger partial charge in [0, 0.05) is 12.1 Å². The Morgan fingerprint density at radius 3 is 2.25 bits per heavy atom. The van der Waals surface area contributed by atoms with E-state index in [1.807, 2.05) is 0 Å². The molecule has 1 aromatic rings. The quantitative estimate of drug-likeness (QED) is 0.764. The standard InChI is InChI=1S/C22H33NO/c1-4-9-24-19-7-5-17(6-8-19)13-23-22-12-18-10-20(2,15-22)14-21(3,11-18)16-22/h5-8,18,23H,4,9-16H2,1-3H3. The Morgan fingerprint density at radius 2 is 1.67 bits per heavy atom. The zero-order valence-electron chi connectivity index (χ0n) is 15.7. The van der Waals surface area contributed by atoms with Crippen LogP contribution in [-0.4, -0.2) is 12.1 Å². The predicted octanol–water partition coefficient (Wildman–Crippen LogP) is 5.31. The van der Waals surface area contributed by atoms with Gasteiger partial charge in [-0.15, -0.1) is 0 Å². The summed E-state index contributed by atoms with van der Waals surface area (Å²) in [5.74, 6) is 1.95. The highest BCUT2D eigenvalue weighted by molar-refractivity contribution is 5.27. The van der Waals surface area contributed by atoms with Crippen molar-refractivity contribution in [2.75, 3.05) is 6.61 Å². The van der Waals surface area contributed by atoms with Crippen molar-refractivity contribution in [3.8, 4) is 5.75 Å². The number of benzene rings is 1. The van der Waals surface area contributed by atoms with E-state index in [-0.39, 0.29) is 0 Å². The van der Waals surface area contributed by atoms with Crippen LogP contribution in [0.4, 0.5) is 0 Å². The topological polar surface area (TPSA) is 21.3 Å². The maximum Gasteiger partial charge on any atom is 0.119 e. The minimum atomic E-state index is 0.389. The monoisotopic (exact) mass is 327 g/mol. The summed E-state index contributed by atoms with van der Waals surface area (Å²) in [6.45, 7) is 9.04. The van der Waals surface area contributed by atoms with E-state index in [4.69, 9.17) is 4.74 Å². The van der Waals surface area contributed by atoms with Crippen molar-refractivity contribution in [1.29, 1.82) is 0 Å². The van der Waals surface area contributed by atoms with Gasteiger partial charge in [0.15, 0.2) is 0 Å². The molecule has 4 saturated carbocycles. The molecule has 1 aromatic carbocycles. The maximum atomic E-state index is 5.69. The Hall–Kier alpha value is -1.02. The van der Waals surface area contributed by atoms with E-state index in [0.717, 1.165) is 31.2 Å². The Bertz CT molecular complexity index is 574. The molecule has 0 amide bonds. The largest absolute Gasteiger partial charge is 0.494 e. The van der Waals surface area contributed by atoms with Gasteiger partial charge < -0.3 is 10.1 Å². The fourth-order valence-corrected chi connectivity index (χ4v) is 6.86. The highest BCUT2D eigenvalue weighted by atomic mass is 16.5. The van der Waals surface area contributed by atoms with Crippen LogP contribution >= 0.6 is 0 Å². The molecule has 0 heterocycles. The molecule has 1 N–H and O–H groups in total. The molecule has 4 aliphatic carbocycles. The second kappa shape index (κ2) is 5.76. The molecular formula is C22H33NO. The number of hydrogen-bond acceptors (Lipinski definition) is 2. The molecule has 4 aliphatic rings. The molecule has 2 atom stereocenters. The van der Waals surface area contributed by atoms with Crippen molar-refractivity contribution in [1.82, 2.24) is 5.32 Å². The van der Waals surface area contributed by atoms with Gasteiger partial charge in [0.25, 0.3) is 0 Å². The van der Waals surface area contributed by atoms with Crippen LogP contribution in [-0.2, 0) is 6.54 Å². The van der Waals surface area contributed by atoms with Crippen LogP contribution in [0, 0.1) is 16.7 Å². The summed E-state index contributed by atoms with van der Waals surface area (Å²) in [5, 5.41) is 4.02. The highest BCUT2D eigenvalue weighted by Gasteiger charge is 2.59. The van der Waals surface area contributed by atoms with E-state index in [1.54, 1.807) is 0 Å². The van der Waals surface area contributed by atoms with Crippen molar-refractivity contribution in [3.63, 3.8) is 0 Å².